The van der Waals surface area contributed by atoms with Crippen LogP contribution in [0.4, 0.5) is 8.78 Å². The molecule has 0 aromatic carbocycles. The van der Waals surface area contributed by atoms with E-state index in [1.165, 1.54) is 49.7 Å². The zero-order valence-corrected chi connectivity index (χ0v) is 23.7. The van der Waals surface area contributed by atoms with Gasteiger partial charge in [-0.1, -0.05) is 23.7 Å². The van der Waals surface area contributed by atoms with Crippen LogP contribution < -0.4 is 4.74 Å². The Kier molecular flexibility index (Phi) is 12.1. The molecule has 3 aromatic heterocycles. The Morgan fingerprint density at radius 2 is 1.93 bits per heavy atom. The van der Waals surface area contributed by atoms with Gasteiger partial charge in [0.2, 0.25) is 0 Å². The zero-order valence-electron chi connectivity index (χ0n) is 21.9. The third-order valence-electron chi connectivity index (χ3n) is 6.04. The second-order valence-electron chi connectivity index (χ2n) is 8.95. The summed E-state index contributed by atoms with van der Waals surface area (Å²) in [5.74, 6) is 13.0. The van der Waals surface area contributed by atoms with Gasteiger partial charge in [0.1, 0.15) is 11.4 Å². The van der Waals surface area contributed by atoms with E-state index in [0.717, 1.165) is 31.2 Å². The molecule has 40 heavy (non-hydrogen) atoms. The molecule has 1 aliphatic heterocycles. The Balaban J connectivity index is 0.000000334. The van der Waals surface area contributed by atoms with Gasteiger partial charge < -0.3 is 30.8 Å². The predicted octanol–water partition coefficient (Wildman–Crippen LogP) is 3.24. The Labute approximate surface area is 246 Å². The van der Waals surface area contributed by atoms with E-state index < -0.39 is 12.1 Å². The van der Waals surface area contributed by atoms with E-state index >= 15 is 0 Å². The fourth-order valence-corrected chi connectivity index (χ4v) is 3.98. The monoisotopic (exact) mass is 606 g/mol. The first-order valence-corrected chi connectivity index (χ1v) is 13.1. The number of alkyl halides is 2. The van der Waals surface area contributed by atoms with E-state index in [1.807, 2.05) is 0 Å². The molecule has 8 nitrogen and oxygen atoms in total. The van der Waals surface area contributed by atoms with Crippen molar-refractivity contribution in [1.29, 1.82) is 0 Å². The minimum absolute atomic E-state index is 0. The first kappa shape index (κ1) is 31.3. The van der Waals surface area contributed by atoms with E-state index in [1.54, 1.807) is 12.4 Å². The third kappa shape index (κ3) is 9.14. The average Bonchev–Trinajstić information content (AvgIpc) is 3.65. The maximum Gasteiger partial charge on any atom is 2.00 e. The van der Waals surface area contributed by atoms with Crippen molar-refractivity contribution in [2.75, 3.05) is 46.9 Å². The van der Waals surface area contributed by atoms with Crippen LogP contribution in [-0.4, -0.2) is 83.1 Å². The molecule has 12 heteroatoms. The maximum absolute atomic E-state index is 13.1. The quantitative estimate of drug-likeness (QED) is 0.249. The van der Waals surface area contributed by atoms with E-state index in [0.29, 0.717) is 29.3 Å². The number of halogens is 2. The summed E-state index contributed by atoms with van der Waals surface area (Å²) in [6.45, 7) is 4.52. The number of carbonyl (C=O) groups excluding carboxylic acids is 1. The summed E-state index contributed by atoms with van der Waals surface area (Å²) >= 11 is 1.37. The predicted molar refractivity (Wildman–Crippen MR) is 143 cm³/mol. The molecule has 0 spiro atoms. The second kappa shape index (κ2) is 15.5. The maximum atomic E-state index is 13.1. The number of aromatic nitrogens is 4. The zero-order chi connectivity index (χ0) is 27.6. The summed E-state index contributed by atoms with van der Waals surface area (Å²) in [6, 6.07) is 2.80. The number of hydrogen-bond acceptors (Lipinski definition) is 9. The number of nitrogens with zero attached hydrogens (tertiary/aromatic N) is 6. The molecule has 5 rings (SSSR count). The molecule has 4 heterocycles. The van der Waals surface area contributed by atoms with Crippen LogP contribution in [0.3, 0.4) is 0 Å². The minimum atomic E-state index is -2.74. The molecule has 0 amide bonds. The van der Waals surface area contributed by atoms with E-state index in [4.69, 9.17) is 4.74 Å². The van der Waals surface area contributed by atoms with Gasteiger partial charge in [-0.05, 0) is 37.4 Å². The first-order chi connectivity index (χ1) is 19.0. The normalized spacial score (nSPS) is 14.9. The molecule has 1 saturated heterocycles. The molecular formula is C28H26F2N6NiO2S. The van der Waals surface area contributed by atoms with Gasteiger partial charge in [-0.25, -0.2) is 13.9 Å². The summed E-state index contributed by atoms with van der Waals surface area (Å²) < 4.78 is 31.4. The van der Waals surface area contributed by atoms with Crippen LogP contribution >= 0.6 is 11.3 Å². The van der Waals surface area contributed by atoms with Crippen molar-refractivity contribution in [3.63, 3.8) is 0 Å². The largest absolute Gasteiger partial charge is 2.00 e. The molecule has 210 valence electrons. The van der Waals surface area contributed by atoms with Gasteiger partial charge in [0.05, 0.1) is 31.8 Å². The van der Waals surface area contributed by atoms with Gasteiger partial charge in [-0.2, -0.15) is 0 Å². The van der Waals surface area contributed by atoms with Crippen LogP contribution in [0.25, 0.3) is 11.1 Å². The number of pyridine rings is 2. The van der Waals surface area contributed by atoms with Gasteiger partial charge in [0, 0.05) is 37.1 Å². The summed E-state index contributed by atoms with van der Waals surface area (Å²) in [6.07, 6.45) is 4.12. The first-order valence-electron chi connectivity index (χ1n) is 12.3. The molecule has 0 unspecified atom stereocenters. The van der Waals surface area contributed by atoms with Crippen molar-refractivity contribution in [1.82, 2.24) is 30.0 Å². The molecule has 3 aromatic rings. The van der Waals surface area contributed by atoms with Crippen LogP contribution in [0.2, 0.25) is 0 Å². The fourth-order valence-electron chi connectivity index (χ4n) is 3.62. The molecular weight excluding hydrogens is 581 g/mol. The summed E-state index contributed by atoms with van der Waals surface area (Å²) in [7, 11) is 3.50. The fraction of sp³-hybridized carbons (Fsp3) is 0.393. The van der Waals surface area contributed by atoms with Crippen LogP contribution in [0.15, 0.2) is 24.5 Å². The smallest absolute Gasteiger partial charge is 0.496 e. The van der Waals surface area contributed by atoms with E-state index in [2.05, 4.69) is 66.2 Å². The Morgan fingerprint density at radius 3 is 2.55 bits per heavy atom. The second-order valence-corrected chi connectivity index (χ2v) is 9.72. The van der Waals surface area contributed by atoms with Gasteiger partial charge in [0.25, 0.3) is 6.43 Å². The van der Waals surface area contributed by atoms with Crippen LogP contribution in [-0.2, 0) is 21.3 Å². The van der Waals surface area contributed by atoms with Crippen molar-refractivity contribution < 1.29 is 34.8 Å². The van der Waals surface area contributed by atoms with Crippen molar-refractivity contribution in [3.8, 4) is 40.6 Å². The Hall–Kier alpha value is -3.28. The number of rotatable bonds is 5. The molecule has 1 saturated carbocycles. The van der Waals surface area contributed by atoms with Gasteiger partial charge >= 0.3 is 16.5 Å². The van der Waals surface area contributed by atoms with Crippen molar-refractivity contribution in [2.45, 2.75) is 19.3 Å². The molecule has 2 fully saturated rings. The SMILES string of the molecule is C(#CC1CC1)c1nn[c-]s1.COc1cnc(C(F)F)cc1-c1cc(C#CCN2CCN(C)CC2)ncc1[C-]=O.[Ni+2]. The van der Waals surface area contributed by atoms with E-state index in [-0.39, 0.29) is 27.8 Å². The molecule has 2 aliphatic rings. The number of methoxy groups -OCH3 is 1. The minimum Gasteiger partial charge on any atom is -0.496 e. The van der Waals surface area contributed by atoms with Crippen LogP contribution in [0.1, 0.15) is 41.2 Å². The van der Waals surface area contributed by atoms with Crippen molar-refractivity contribution in [2.24, 2.45) is 5.92 Å². The molecule has 0 N–H and O–H groups in total. The molecule has 0 atom stereocenters. The van der Waals surface area contributed by atoms with Gasteiger partial charge in [0.15, 0.2) is 0 Å². The summed E-state index contributed by atoms with van der Waals surface area (Å²) in [5, 5.41) is 8.10. The van der Waals surface area contributed by atoms with E-state index in [9.17, 15) is 13.6 Å². The summed E-state index contributed by atoms with van der Waals surface area (Å²) in [4.78, 5) is 23.7. The number of hydrogen-bond donors (Lipinski definition) is 0. The summed E-state index contributed by atoms with van der Waals surface area (Å²) in [5.41, 5.74) is 3.52. The molecule has 1 aliphatic carbocycles. The average molecular weight is 607 g/mol. The number of likely N-dealkylation sites (N-methyl/N-ethyl adjacent to an activating group) is 1. The topological polar surface area (TPSA) is 84.3 Å². The van der Waals surface area contributed by atoms with Gasteiger partial charge in [-0.15, -0.1) is 23.0 Å². The van der Waals surface area contributed by atoms with Crippen molar-refractivity contribution in [3.05, 3.63) is 52.0 Å². The molecule has 0 radical (unpaired) electrons. The standard InChI is InChI=1S/C21H21F2N4O2.C7H5N2S.Ni/c1-26-6-8-27(9-7-26)5-3-4-16-10-17(15(14-28)12-24-16)18-11-19(21(22)23)25-13-20(18)29-2;1-2-6(1)3-4-7-9-8-5-10-7;/h10-13,21H,5-9H2,1-2H3;6H,1-2H2;/q2*-1;+2. The molecule has 0 bridgehead atoms. The number of ether oxygens (including phenoxy) is 1. The third-order valence-corrected chi connectivity index (χ3v) is 6.59. The van der Waals surface area contributed by atoms with Crippen LogP contribution in [0, 0.1) is 35.1 Å². The Morgan fingerprint density at radius 1 is 1.15 bits per heavy atom. The Bertz CT molecular complexity index is 1390. The van der Waals surface area contributed by atoms with Crippen molar-refractivity contribution >= 4 is 17.6 Å². The number of piperazine rings is 1. The van der Waals surface area contributed by atoms with Gasteiger partial charge in [-0.3, -0.25) is 15.0 Å². The van der Waals surface area contributed by atoms with Crippen LogP contribution in [0.5, 0.6) is 5.75 Å².